The number of anilines is 1. The van der Waals surface area contributed by atoms with Crippen LogP contribution < -0.4 is 20.7 Å². The van der Waals surface area contributed by atoms with E-state index in [-0.39, 0.29) is 37.1 Å². The molecular formula is C27H32F3N5O8. The molecule has 1 saturated heterocycles. The van der Waals surface area contributed by atoms with Crippen LogP contribution in [0.3, 0.4) is 0 Å². The number of alkyl halides is 3. The largest absolute Gasteiger partial charge is 0.491 e. The van der Waals surface area contributed by atoms with Gasteiger partial charge >= 0.3 is 24.1 Å². The van der Waals surface area contributed by atoms with E-state index in [4.69, 9.17) is 25.5 Å². The van der Waals surface area contributed by atoms with Crippen LogP contribution in [0.25, 0.3) is 0 Å². The third kappa shape index (κ3) is 12.2. The minimum atomic E-state index is -5.08. The summed E-state index contributed by atoms with van der Waals surface area (Å²) < 4.78 is 37.6. The number of hydrogen-bond acceptors (Lipinski definition) is 9. The number of aryl methyl sites for hydroxylation is 1. The zero-order valence-corrected chi connectivity index (χ0v) is 23.2. The van der Waals surface area contributed by atoms with Gasteiger partial charge in [-0.15, -0.1) is 0 Å². The second-order valence-electron chi connectivity index (χ2n) is 9.18. The van der Waals surface area contributed by atoms with Gasteiger partial charge in [-0.2, -0.15) is 13.2 Å². The van der Waals surface area contributed by atoms with Crippen LogP contribution in [-0.4, -0.2) is 77.3 Å². The average Bonchev–Trinajstić information content (AvgIpc) is 2.97. The number of carbonyl (C=O) groups is 4. The number of halogens is 3. The van der Waals surface area contributed by atoms with Crippen molar-refractivity contribution in [3.63, 3.8) is 0 Å². The quantitative estimate of drug-likeness (QED) is 0.0958. The number of ether oxygens (including phenoxy) is 1. The number of rotatable bonds is 11. The number of aliphatic carboxylic acids is 2. The lowest BCUT2D eigenvalue weighted by molar-refractivity contribution is -0.192. The van der Waals surface area contributed by atoms with E-state index in [0.29, 0.717) is 23.4 Å². The molecule has 1 aliphatic rings. The molecule has 234 valence electrons. The fourth-order valence-corrected chi connectivity index (χ4v) is 3.90. The highest BCUT2D eigenvalue weighted by Gasteiger charge is 2.38. The number of nitrogens with two attached hydrogens (primary N) is 1. The number of nitrogens with one attached hydrogen (secondary N) is 1. The molecular weight excluding hydrogens is 579 g/mol. The predicted octanol–water partition coefficient (Wildman–Crippen LogP) is 2.33. The summed E-state index contributed by atoms with van der Waals surface area (Å²) in [5.41, 5.74) is 8.11. The number of benzene rings is 1. The van der Waals surface area contributed by atoms with Crippen LogP contribution in [0.5, 0.6) is 5.75 Å². The van der Waals surface area contributed by atoms with E-state index in [1.54, 1.807) is 30.6 Å². The smallest absolute Gasteiger partial charge is 0.490 e. The Labute approximate surface area is 244 Å². The van der Waals surface area contributed by atoms with Crippen molar-refractivity contribution in [2.45, 2.75) is 38.8 Å². The molecule has 0 bridgehead atoms. The highest BCUT2D eigenvalue weighted by molar-refractivity contribution is 5.97. The van der Waals surface area contributed by atoms with Crippen molar-refractivity contribution < 1.29 is 52.1 Å². The molecule has 0 aliphatic carbocycles. The van der Waals surface area contributed by atoms with E-state index in [9.17, 15) is 27.6 Å². The van der Waals surface area contributed by atoms with Gasteiger partial charge in [0.1, 0.15) is 12.4 Å². The number of amides is 1. The Morgan fingerprint density at radius 3 is 2.30 bits per heavy atom. The number of nitrogens with zero attached hydrogens (tertiary/aromatic N) is 3. The highest BCUT2D eigenvalue weighted by atomic mass is 19.4. The van der Waals surface area contributed by atoms with Gasteiger partial charge in [-0.05, 0) is 43.0 Å². The van der Waals surface area contributed by atoms with Crippen LogP contribution in [0.4, 0.5) is 18.9 Å². The summed E-state index contributed by atoms with van der Waals surface area (Å²) in [5.74, 6) is -3.96. The van der Waals surface area contributed by atoms with E-state index in [1.807, 2.05) is 12.1 Å². The van der Waals surface area contributed by atoms with Gasteiger partial charge in [0.05, 0.1) is 6.54 Å². The summed E-state index contributed by atoms with van der Waals surface area (Å²) in [4.78, 5) is 54.4. The maximum Gasteiger partial charge on any atom is 0.490 e. The van der Waals surface area contributed by atoms with Crippen LogP contribution >= 0.6 is 0 Å². The molecule has 0 radical (unpaired) electrons. The molecule has 0 spiro atoms. The Hall–Kier alpha value is -4.89. The molecule has 16 heteroatoms. The Morgan fingerprint density at radius 2 is 1.74 bits per heavy atom. The molecule has 1 aliphatic heterocycles. The summed E-state index contributed by atoms with van der Waals surface area (Å²) in [7, 11) is 0. The zero-order chi connectivity index (χ0) is 32.0. The van der Waals surface area contributed by atoms with Crippen molar-refractivity contribution in [2.24, 2.45) is 16.8 Å². The second-order valence-corrected chi connectivity index (χ2v) is 9.18. The number of pyridine rings is 1. The van der Waals surface area contributed by atoms with Gasteiger partial charge < -0.3 is 35.7 Å². The van der Waals surface area contributed by atoms with Gasteiger partial charge in [0.25, 0.3) is 0 Å². The number of carbonyl (C=O) groups excluding carboxylic acids is 2. The van der Waals surface area contributed by atoms with E-state index >= 15 is 0 Å². The number of carboxylic acids is 2. The van der Waals surface area contributed by atoms with Crippen LogP contribution in [0, 0.1) is 5.92 Å². The molecule has 1 amide bonds. The molecule has 1 fully saturated rings. The van der Waals surface area contributed by atoms with Gasteiger partial charge in [-0.1, -0.05) is 17.3 Å². The van der Waals surface area contributed by atoms with Gasteiger partial charge in [0, 0.05) is 56.0 Å². The lowest BCUT2D eigenvalue weighted by Crippen LogP contribution is -2.41. The Bertz CT molecular complexity index is 1280. The lowest BCUT2D eigenvalue weighted by atomic mass is 9.95. The second kappa shape index (κ2) is 16.5. The SMILES string of the molecule is CC(=O)O/N=C(\N)c1ccc(CCC(=O)O)c(OCCNC(=O)C2CCN(c3ccncc3)CC2)c1.O=C(O)C(F)(F)F. The van der Waals surface area contributed by atoms with E-state index in [1.165, 1.54) is 6.92 Å². The van der Waals surface area contributed by atoms with Gasteiger partial charge in [-0.25, -0.2) is 9.59 Å². The number of carboxylic acid groups (broad SMARTS) is 2. The third-order valence-corrected chi connectivity index (χ3v) is 6.04. The maximum atomic E-state index is 12.6. The van der Waals surface area contributed by atoms with E-state index in [2.05, 4.69) is 25.2 Å². The summed E-state index contributed by atoms with van der Waals surface area (Å²) >= 11 is 0. The van der Waals surface area contributed by atoms with E-state index in [0.717, 1.165) is 31.6 Å². The van der Waals surface area contributed by atoms with Crippen LogP contribution in [0.15, 0.2) is 47.9 Å². The van der Waals surface area contributed by atoms with Crippen molar-refractivity contribution >= 4 is 35.3 Å². The topological polar surface area (TPSA) is 194 Å². The number of piperidine rings is 1. The van der Waals surface area contributed by atoms with Gasteiger partial charge in [0.15, 0.2) is 5.84 Å². The summed E-state index contributed by atoms with van der Waals surface area (Å²) in [6.07, 6.45) is 0.153. The van der Waals surface area contributed by atoms with Gasteiger partial charge in [0.2, 0.25) is 5.91 Å². The number of aromatic nitrogens is 1. The molecule has 1 aromatic carbocycles. The van der Waals surface area contributed by atoms with Crippen molar-refractivity contribution in [1.29, 1.82) is 0 Å². The molecule has 0 saturated carbocycles. The first kappa shape index (κ1) is 34.3. The van der Waals surface area contributed by atoms with Gasteiger partial charge in [-0.3, -0.25) is 14.6 Å². The summed E-state index contributed by atoms with van der Waals surface area (Å²) in [6.45, 7) is 3.29. The maximum absolute atomic E-state index is 12.6. The Morgan fingerprint density at radius 1 is 1.12 bits per heavy atom. The molecule has 2 heterocycles. The first-order valence-corrected chi connectivity index (χ1v) is 13.0. The molecule has 2 aromatic rings. The standard InChI is InChI=1S/C25H31N5O6.C2HF3O2/c1-17(31)36-29-24(26)20-3-2-18(4-5-23(32)33)22(16-20)35-15-12-28-25(34)19-8-13-30(14-9-19)21-6-10-27-11-7-21;3-2(4,5)1(6)7/h2-3,6-7,10-11,16,19H,4-5,8-9,12-15H2,1H3,(H2,26,29)(H,28,34)(H,32,33);(H,6,7). The van der Waals surface area contributed by atoms with Crippen LogP contribution in [0.2, 0.25) is 0 Å². The van der Waals surface area contributed by atoms with Crippen LogP contribution in [-0.2, 0) is 30.4 Å². The fraction of sp³-hybridized carbons (Fsp3) is 0.407. The van der Waals surface area contributed by atoms with Crippen molar-refractivity contribution in [1.82, 2.24) is 10.3 Å². The number of amidine groups is 1. The number of oxime groups is 1. The minimum absolute atomic E-state index is 0.00871. The normalized spacial score (nSPS) is 13.8. The predicted molar refractivity (Wildman–Crippen MR) is 146 cm³/mol. The average molecular weight is 612 g/mol. The molecule has 0 atom stereocenters. The third-order valence-electron chi connectivity index (χ3n) is 6.04. The zero-order valence-electron chi connectivity index (χ0n) is 23.2. The highest BCUT2D eigenvalue weighted by Crippen LogP contribution is 2.24. The van der Waals surface area contributed by atoms with Crippen LogP contribution in [0.1, 0.15) is 37.3 Å². The number of hydrogen-bond donors (Lipinski definition) is 4. The molecule has 1 aromatic heterocycles. The minimum Gasteiger partial charge on any atom is -0.491 e. The fourth-order valence-electron chi connectivity index (χ4n) is 3.90. The Kier molecular flexibility index (Phi) is 13.2. The molecule has 43 heavy (non-hydrogen) atoms. The van der Waals surface area contributed by atoms with Crippen molar-refractivity contribution in [3.05, 3.63) is 53.9 Å². The summed E-state index contributed by atoms with van der Waals surface area (Å²) in [6, 6.07) is 8.88. The van der Waals surface area contributed by atoms with Crippen molar-refractivity contribution in [3.8, 4) is 5.75 Å². The first-order valence-electron chi connectivity index (χ1n) is 13.0. The molecule has 0 unspecified atom stereocenters. The monoisotopic (exact) mass is 611 g/mol. The summed E-state index contributed by atoms with van der Waals surface area (Å²) in [5, 5.41) is 22.6. The Balaban J connectivity index is 0.000000821. The lowest BCUT2D eigenvalue weighted by Gasteiger charge is -2.32. The molecule has 3 rings (SSSR count). The van der Waals surface area contributed by atoms with E-state index < -0.39 is 24.1 Å². The molecule has 13 nitrogen and oxygen atoms in total. The first-order chi connectivity index (χ1) is 20.3. The molecule has 5 N–H and O–H groups in total. The van der Waals surface area contributed by atoms with Crippen molar-refractivity contribution in [2.75, 3.05) is 31.1 Å².